The zero-order valence-corrected chi connectivity index (χ0v) is 16.2. The molecule has 1 amide bonds. The number of nitrogens with one attached hydrogen (secondary N) is 1. The van der Waals surface area contributed by atoms with Gasteiger partial charge < -0.3 is 16.2 Å². The number of nitrogens with zero attached hydrogens (tertiary/aromatic N) is 1. The van der Waals surface area contributed by atoms with Gasteiger partial charge in [0, 0.05) is 23.9 Å². The molecule has 0 radical (unpaired) electrons. The number of hydrogen-bond donors (Lipinski definition) is 3. The Morgan fingerprint density at radius 1 is 1.03 bits per heavy atom. The lowest BCUT2D eigenvalue weighted by molar-refractivity contribution is -0.137. The van der Waals surface area contributed by atoms with Crippen LogP contribution in [0.1, 0.15) is 28.3 Å². The van der Waals surface area contributed by atoms with E-state index in [1.165, 1.54) is 0 Å². The lowest BCUT2D eigenvalue weighted by Crippen LogP contribution is -2.29. The molecule has 0 saturated heterocycles. The summed E-state index contributed by atoms with van der Waals surface area (Å²) in [4.78, 5) is 29.0. The van der Waals surface area contributed by atoms with Crippen LogP contribution in [0.25, 0.3) is 5.57 Å². The molecular formula is C24H21N3O3. The smallest absolute Gasteiger partial charge is 0.315 e. The molecule has 0 aliphatic carbocycles. The van der Waals surface area contributed by atoms with E-state index < -0.39 is 17.8 Å². The molecular weight excluding hydrogens is 378 g/mol. The van der Waals surface area contributed by atoms with Gasteiger partial charge in [-0.3, -0.25) is 14.6 Å². The Morgan fingerprint density at radius 2 is 1.70 bits per heavy atom. The van der Waals surface area contributed by atoms with Crippen molar-refractivity contribution >= 4 is 23.1 Å². The minimum Gasteiger partial charge on any atom is -0.481 e. The molecule has 2 heterocycles. The molecule has 1 atom stereocenters. The van der Waals surface area contributed by atoms with E-state index >= 15 is 0 Å². The third-order valence-electron chi connectivity index (χ3n) is 5.20. The quantitative estimate of drug-likeness (QED) is 0.590. The number of aliphatic carboxylic acids is 1. The van der Waals surface area contributed by atoms with Crippen molar-refractivity contribution in [1.82, 2.24) is 4.98 Å². The maximum atomic E-state index is 12.3. The molecule has 150 valence electrons. The van der Waals surface area contributed by atoms with Crippen LogP contribution in [-0.4, -0.2) is 28.5 Å². The fourth-order valence-corrected chi connectivity index (χ4v) is 3.82. The Kier molecular flexibility index (Phi) is 5.30. The number of nitrogens with two attached hydrogens (primary N) is 1. The van der Waals surface area contributed by atoms with E-state index in [1.807, 2.05) is 42.5 Å². The number of carbonyl (C=O) groups is 2. The molecule has 0 saturated carbocycles. The molecule has 4 rings (SSSR count). The van der Waals surface area contributed by atoms with Gasteiger partial charge in [0.15, 0.2) is 0 Å². The molecule has 0 bridgehead atoms. The van der Waals surface area contributed by atoms with Crippen molar-refractivity contribution in [3.8, 4) is 0 Å². The molecule has 0 spiro atoms. The van der Waals surface area contributed by atoms with Crippen molar-refractivity contribution in [1.29, 1.82) is 0 Å². The molecule has 1 aliphatic rings. The van der Waals surface area contributed by atoms with E-state index in [1.54, 1.807) is 30.5 Å². The van der Waals surface area contributed by atoms with Crippen LogP contribution in [0.15, 0.2) is 78.5 Å². The number of amides is 1. The average molecular weight is 399 g/mol. The number of hydrogen-bond acceptors (Lipinski definition) is 4. The molecule has 1 aromatic heterocycles. The van der Waals surface area contributed by atoms with Gasteiger partial charge in [0.2, 0.25) is 5.91 Å². The minimum atomic E-state index is -1.06. The molecule has 3 aromatic rings. The van der Waals surface area contributed by atoms with Crippen LogP contribution in [-0.2, 0) is 16.0 Å². The summed E-state index contributed by atoms with van der Waals surface area (Å²) in [7, 11) is 0. The second-order valence-electron chi connectivity index (χ2n) is 7.19. The number of rotatable bonds is 6. The first-order chi connectivity index (χ1) is 14.5. The SMILES string of the molecule is NC(=O)C1=C(C(C(=O)O)c2ccccc2)c2ncc(Cc3ccccc3)cc2NC1. The first-order valence-electron chi connectivity index (χ1n) is 9.62. The van der Waals surface area contributed by atoms with Crippen molar-refractivity contribution in [3.63, 3.8) is 0 Å². The van der Waals surface area contributed by atoms with E-state index in [-0.39, 0.29) is 12.1 Å². The summed E-state index contributed by atoms with van der Waals surface area (Å²) in [6.07, 6.45) is 2.42. The molecule has 1 unspecified atom stereocenters. The van der Waals surface area contributed by atoms with Crippen LogP contribution >= 0.6 is 0 Å². The van der Waals surface area contributed by atoms with Gasteiger partial charge >= 0.3 is 5.97 Å². The lowest BCUT2D eigenvalue weighted by atomic mass is 9.83. The van der Waals surface area contributed by atoms with Crippen molar-refractivity contribution in [2.45, 2.75) is 12.3 Å². The molecule has 30 heavy (non-hydrogen) atoms. The first kappa shape index (κ1) is 19.4. The van der Waals surface area contributed by atoms with Gasteiger partial charge in [-0.15, -0.1) is 0 Å². The number of carbonyl (C=O) groups excluding carboxylic acids is 1. The van der Waals surface area contributed by atoms with E-state index in [0.29, 0.717) is 28.9 Å². The van der Waals surface area contributed by atoms with E-state index in [4.69, 9.17) is 5.73 Å². The van der Waals surface area contributed by atoms with Crippen LogP contribution < -0.4 is 11.1 Å². The number of pyridine rings is 1. The first-order valence-corrected chi connectivity index (χ1v) is 9.62. The molecule has 6 heteroatoms. The summed E-state index contributed by atoms with van der Waals surface area (Å²) in [5, 5.41) is 13.2. The number of fused-ring (bicyclic) bond motifs is 1. The van der Waals surface area contributed by atoms with Gasteiger partial charge in [0.25, 0.3) is 0 Å². The van der Waals surface area contributed by atoms with Crippen molar-refractivity contribution in [2.24, 2.45) is 5.73 Å². The summed E-state index contributed by atoms with van der Waals surface area (Å²) in [6.45, 7) is 0.157. The summed E-state index contributed by atoms with van der Waals surface area (Å²) < 4.78 is 0. The summed E-state index contributed by atoms with van der Waals surface area (Å²) >= 11 is 0. The van der Waals surface area contributed by atoms with Gasteiger partial charge in [-0.25, -0.2) is 0 Å². The van der Waals surface area contributed by atoms with Gasteiger partial charge in [-0.05, 0) is 29.2 Å². The highest BCUT2D eigenvalue weighted by molar-refractivity contribution is 6.08. The second kappa shape index (κ2) is 8.21. The van der Waals surface area contributed by atoms with Crippen molar-refractivity contribution in [3.05, 3.63) is 101 Å². The second-order valence-corrected chi connectivity index (χ2v) is 7.19. The molecule has 0 fully saturated rings. The molecule has 6 nitrogen and oxygen atoms in total. The zero-order valence-electron chi connectivity index (χ0n) is 16.2. The van der Waals surface area contributed by atoms with Crippen LogP contribution in [0.2, 0.25) is 0 Å². The van der Waals surface area contributed by atoms with Crippen LogP contribution in [0, 0.1) is 0 Å². The van der Waals surface area contributed by atoms with Gasteiger partial charge in [-0.1, -0.05) is 60.7 Å². The van der Waals surface area contributed by atoms with Gasteiger partial charge in [0.05, 0.1) is 11.4 Å². The fourth-order valence-electron chi connectivity index (χ4n) is 3.82. The van der Waals surface area contributed by atoms with Gasteiger partial charge in [0.1, 0.15) is 5.92 Å². The maximum Gasteiger partial charge on any atom is 0.315 e. The van der Waals surface area contributed by atoms with E-state index in [9.17, 15) is 14.7 Å². The van der Waals surface area contributed by atoms with Crippen molar-refractivity contribution < 1.29 is 14.7 Å². The summed E-state index contributed by atoms with van der Waals surface area (Å²) in [6, 6.07) is 20.8. The minimum absolute atomic E-state index is 0.157. The van der Waals surface area contributed by atoms with Gasteiger partial charge in [-0.2, -0.15) is 0 Å². The summed E-state index contributed by atoms with van der Waals surface area (Å²) in [5.41, 5.74) is 10.0. The highest BCUT2D eigenvalue weighted by atomic mass is 16.4. The van der Waals surface area contributed by atoms with Crippen LogP contribution in [0.5, 0.6) is 0 Å². The highest BCUT2D eigenvalue weighted by Crippen LogP contribution is 2.40. The Morgan fingerprint density at radius 3 is 2.33 bits per heavy atom. The van der Waals surface area contributed by atoms with Crippen LogP contribution in [0.4, 0.5) is 5.69 Å². The Balaban J connectivity index is 1.81. The largest absolute Gasteiger partial charge is 0.481 e. The number of benzene rings is 2. The Bertz CT molecular complexity index is 1120. The van der Waals surface area contributed by atoms with E-state index in [0.717, 1.165) is 11.1 Å². The summed E-state index contributed by atoms with van der Waals surface area (Å²) in [5.74, 6) is -2.75. The molecule has 4 N–H and O–H groups in total. The van der Waals surface area contributed by atoms with Crippen molar-refractivity contribution in [2.75, 3.05) is 11.9 Å². The molecule has 1 aliphatic heterocycles. The third-order valence-corrected chi connectivity index (χ3v) is 5.20. The standard InChI is InChI=1S/C24H21N3O3/c25-23(28)18-14-26-19-12-16(11-15-7-3-1-4-8-15)13-27-22(19)21(18)20(24(29)30)17-9-5-2-6-10-17/h1-10,12-13,20,26H,11,14H2,(H2,25,28)(H,29,30). The predicted octanol–water partition coefficient (Wildman–Crippen LogP) is 3.21. The number of carboxylic acids is 1. The monoisotopic (exact) mass is 399 g/mol. The number of carboxylic acid groups (broad SMARTS) is 1. The average Bonchev–Trinajstić information content (AvgIpc) is 2.75. The zero-order chi connectivity index (χ0) is 21.1. The Hall–Kier alpha value is -3.93. The number of anilines is 1. The number of aromatic nitrogens is 1. The predicted molar refractivity (Wildman–Crippen MR) is 115 cm³/mol. The third kappa shape index (κ3) is 3.80. The highest BCUT2D eigenvalue weighted by Gasteiger charge is 2.34. The normalized spacial score (nSPS) is 13.9. The fraction of sp³-hybridized carbons (Fsp3) is 0.125. The van der Waals surface area contributed by atoms with Crippen LogP contribution in [0.3, 0.4) is 0 Å². The molecule has 2 aromatic carbocycles. The van der Waals surface area contributed by atoms with E-state index in [2.05, 4.69) is 10.3 Å². The maximum absolute atomic E-state index is 12.3. The number of primary amides is 1. The topological polar surface area (TPSA) is 105 Å². The Labute approximate surface area is 174 Å². The lowest BCUT2D eigenvalue weighted by Gasteiger charge is -2.27.